The zero-order chi connectivity index (χ0) is 13.3. The Morgan fingerprint density at radius 3 is 2.56 bits per heavy atom. The topological polar surface area (TPSA) is 37.3 Å². The largest absolute Gasteiger partial charge is 0.478 e. The quantitative estimate of drug-likeness (QED) is 0.873. The molecule has 0 aromatic heterocycles. The highest BCUT2D eigenvalue weighted by Crippen LogP contribution is 2.28. The van der Waals surface area contributed by atoms with E-state index in [0.29, 0.717) is 0 Å². The van der Waals surface area contributed by atoms with Crippen molar-refractivity contribution in [3.63, 3.8) is 0 Å². The maximum Gasteiger partial charge on any atom is 0.337 e. The van der Waals surface area contributed by atoms with Gasteiger partial charge in [-0.1, -0.05) is 35.9 Å². The molecular formula is C15H13ClO2. The van der Waals surface area contributed by atoms with Crippen LogP contribution in [0.3, 0.4) is 0 Å². The molecule has 0 spiro atoms. The van der Waals surface area contributed by atoms with Crippen LogP contribution in [0.15, 0.2) is 36.4 Å². The lowest BCUT2D eigenvalue weighted by Gasteiger charge is -2.10. The number of aryl methyl sites for hydroxylation is 1. The van der Waals surface area contributed by atoms with E-state index >= 15 is 0 Å². The van der Waals surface area contributed by atoms with Crippen LogP contribution < -0.4 is 0 Å². The van der Waals surface area contributed by atoms with Gasteiger partial charge in [-0.2, -0.15) is 0 Å². The Morgan fingerprint density at radius 2 is 1.89 bits per heavy atom. The maximum absolute atomic E-state index is 11.1. The lowest BCUT2D eigenvalue weighted by molar-refractivity contribution is 0.0697. The first kappa shape index (κ1) is 12.7. The van der Waals surface area contributed by atoms with Crippen molar-refractivity contribution in [1.29, 1.82) is 0 Å². The highest BCUT2D eigenvalue weighted by molar-refractivity contribution is 6.33. The van der Waals surface area contributed by atoms with Crippen LogP contribution in [0.25, 0.3) is 11.1 Å². The van der Waals surface area contributed by atoms with Crippen molar-refractivity contribution in [3.05, 3.63) is 58.1 Å². The fraction of sp³-hybridized carbons (Fsp3) is 0.133. The summed E-state index contributed by atoms with van der Waals surface area (Å²) in [6, 6.07) is 11.1. The molecular weight excluding hydrogens is 248 g/mol. The number of hydrogen-bond donors (Lipinski definition) is 1. The van der Waals surface area contributed by atoms with E-state index < -0.39 is 5.97 Å². The molecule has 0 saturated heterocycles. The molecule has 0 fully saturated rings. The smallest absolute Gasteiger partial charge is 0.337 e. The summed E-state index contributed by atoms with van der Waals surface area (Å²) in [6.07, 6.45) is 0. The molecule has 2 aromatic carbocycles. The number of carboxylic acid groups (broad SMARTS) is 1. The molecule has 0 unspecified atom stereocenters. The van der Waals surface area contributed by atoms with Crippen molar-refractivity contribution < 1.29 is 9.90 Å². The molecule has 2 rings (SSSR count). The van der Waals surface area contributed by atoms with Crippen LogP contribution in [0.1, 0.15) is 21.5 Å². The molecule has 18 heavy (non-hydrogen) atoms. The first-order valence-electron chi connectivity index (χ1n) is 5.60. The van der Waals surface area contributed by atoms with E-state index in [1.54, 1.807) is 12.1 Å². The van der Waals surface area contributed by atoms with Crippen LogP contribution in [-0.4, -0.2) is 11.1 Å². The lowest BCUT2D eigenvalue weighted by atomic mass is 9.96. The standard InChI is InChI=1S/C15H13ClO2/c1-9-4-3-5-12(10(9)2)11-6-7-14(16)13(8-11)15(17)18/h3-8H,1-2H3,(H,17,18). The van der Waals surface area contributed by atoms with Crippen LogP contribution in [0.2, 0.25) is 5.02 Å². The van der Waals surface area contributed by atoms with Gasteiger partial charge in [-0.25, -0.2) is 4.79 Å². The Kier molecular flexibility index (Phi) is 3.39. The Balaban J connectivity index is 2.62. The summed E-state index contributed by atoms with van der Waals surface area (Å²) < 4.78 is 0. The van der Waals surface area contributed by atoms with Crippen molar-refractivity contribution in [3.8, 4) is 11.1 Å². The van der Waals surface area contributed by atoms with Gasteiger partial charge in [0.25, 0.3) is 0 Å². The molecule has 0 heterocycles. The van der Waals surface area contributed by atoms with Gasteiger partial charge in [-0.3, -0.25) is 0 Å². The minimum absolute atomic E-state index is 0.134. The first-order valence-corrected chi connectivity index (χ1v) is 5.98. The second kappa shape index (κ2) is 4.83. The molecule has 0 aliphatic carbocycles. The van der Waals surface area contributed by atoms with Gasteiger partial charge >= 0.3 is 5.97 Å². The summed E-state index contributed by atoms with van der Waals surface area (Å²) in [4.78, 5) is 11.1. The van der Waals surface area contributed by atoms with Gasteiger partial charge < -0.3 is 5.11 Å². The molecule has 92 valence electrons. The molecule has 0 aliphatic heterocycles. The van der Waals surface area contributed by atoms with E-state index in [1.807, 2.05) is 38.1 Å². The molecule has 2 nitrogen and oxygen atoms in total. The SMILES string of the molecule is Cc1cccc(-c2ccc(Cl)c(C(=O)O)c2)c1C. The Hall–Kier alpha value is -1.80. The monoisotopic (exact) mass is 260 g/mol. The van der Waals surface area contributed by atoms with Crippen molar-refractivity contribution >= 4 is 17.6 Å². The fourth-order valence-electron chi connectivity index (χ4n) is 1.92. The summed E-state index contributed by atoms with van der Waals surface area (Å²) in [5.41, 5.74) is 4.37. The highest BCUT2D eigenvalue weighted by Gasteiger charge is 2.11. The zero-order valence-electron chi connectivity index (χ0n) is 10.2. The summed E-state index contributed by atoms with van der Waals surface area (Å²) in [5, 5.41) is 9.34. The number of hydrogen-bond acceptors (Lipinski definition) is 1. The first-order chi connectivity index (χ1) is 8.50. The van der Waals surface area contributed by atoms with E-state index in [2.05, 4.69) is 0 Å². The number of carbonyl (C=O) groups is 1. The van der Waals surface area contributed by atoms with Crippen LogP contribution in [-0.2, 0) is 0 Å². The molecule has 3 heteroatoms. The summed E-state index contributed by atoms with van der Waals surface area (Å²) in [5.74, 6) is -1.01. The average molecular weight is 261 g/mol. The van der Waals surface area contributed by atoms with Crippen LogP contribution in [0.5, 0.6) is 0 Å². The number of aromatic carboxylic acids is 1. The van der Waals surface area contributed by atoms with E-state index in [9.17, 15) is 4.79 Å². The van der Waals surface area contributed by atoms with Gasteiger partial charge in [-0.15, -0.1) is 0 Å². The minimum Gasteiger partial charge on any atom is -0.478 e. The van der Waals surface area contributed by atoms with Crippen LogP contribution in [0, 0.1) is 13.8 Å². The third-order valence-electron chi connectivity index (χ3n) is 3.11. The maximum atomic E-state index is 11.1. The van der Waals surface area contributed by atoms with E-state index in [-0.39, 0.29) is 10.6 Å². The third-order valence-corrected chi connectivity index (χ3v) is 3.44. The van der Waals surface area contributed by atoms with Crippen molar-refractivity contribution in [2.24, 2.45) is 0 Å². The second-order valence-corrected chi connectivity index (χ2v) is 4.65. The Labute approximate surface area is 111 Å². The number of benzene rings is 2. The van der Waals surface area contributed by atoms with Crippen molar-refractivity contribution in [1.82, 2.24) is 0 Å². The van der Waals surface area contributed by atoms with Crippen LogP contribution >= 0.6 is 11.6 Å². The zero-order valence-corrected chi connectivity index (χ0v) is 11.0. The molecule has 2 aromatic rings. The van der Waals surface area contributed by atoms with Gasteiger partial charge in [0.1, 0.15) is 0 Å². The normalized spacial score (nSPS) is 10.4. The summed E-state index contributed by atoms with van der Waals surface area (Å²) in [7, 11) is 0. The van der Waals surface area contributed by atoms with Gasteiger partial charge in [-0.05, 0) is 48.2 Å². The van der Waals surface area contributed by atoms with Gasteiger partial charge in [0.2, 0.25) is 0 Å². The summed E-state index contributed by atoms with van der Waals surface area (Å²) >= 11 is 5.87. The number of rotatable bonds is 2. The lowest BCUT2D eigenvalue weighted by Crippen LogP contribution is -1.98. The molecule has 0 saturated carbocycles. The molecule has 1 N–H and O–H groups in total. The predicted molar refractivity (Wildman–Crippen MR) is 73.3 cm³/mol. The Bertz CT molecular complexity index is 618. The molecule has 0 radical (unpaired) electrons. The predicted octanol–water partition coefficient (Wildman–Crippen LogP) is 4.32. The molecule has 0 atom stereocenters. The van der Waals surface area contributed by atoms with Crippen LogP contribution in [0.4, 0.5) is 0 Å². The number of carboxylic acids is 1. The Morgan fingerprint density at radius 1 is 1.17 bits per heavy atom. The molecule has 0 bridgehead atoms. The van der Waals surface area contributed by atoms with Gasteiger partial charge in [0.15, 0.2) is 0 Å². The molecule has 0 amide bonds. The average Bonchev–Trinajstić information content (AvgIpc) is 2.33. The highest BCUT2D eigenvalue weighted by atomic mass is 35.5. The van der Waals surface area contributed by atoms with Gasteiger partial charge in [0, 0.05) is 0 Å². The van der Waals surface area contributed by atoms with Gasteiger partial charge in [0.05, 0.1) is 10.6 Å². The summed E-state index contributed by atoms with van der Waals surface area (Å²) in [6.45, 7) is 4.06. The van der Waals surface area contributed by atoms with Crippen molar-refractivity contribution in [2.45, 2.75) is 13.8 Å². The third kappa shape index (κ3) is 2.24. The van der Waals surface area contributed by atoms with E-state index in [1.165, 1.54) is 5.56 Å². The fourth-order valence-corrected chi connectivity index (χ4v) is 2.12. The second-order valence-electron chi connectivity index (χ2n) is 4.25. The molecule has 0 aliphatic rings. The number of halogens is 1. The van der Waals surface area contributed by atoms with E-state index in [0.717, 1.165) is 16.7 Å². The van der Waals surface area contributed by atoms with E-state index in [4.69, 9.17) is 16.7 Å². The van der Waals surface area contributed by atoms with Crippen molar-refractivity contribution in [2.75, 3.05) is 0 Å². The minimum atomic E-state index is -1.01.